The van der Waals surface area contributed by atoms with E-state index in [9.17, 15) is 5.11 Å². The van der Waals surface area contributed by atoms with Gasteiger partial charge < -0.3 is 14.6 Å². The summed E-state index contributed by atoms with van der Waals surface area (Å²) in [7, 11) is 3.10. The highest BCUT2D eigenvalue weighted by molar-refractivity contribution is 6.43. The molecule has 18 heavy (non-hydrogen) atoms. The maximum Gasteiger partial charge on any atom is 0.216 e. The molecule has 0 aliphatic heterocycles. The Morgan fingerprint density at radius 1 is 1.06 bits per heavy atom. The van der Waals surface area contributed by atoms with E-state index in [1.54, 1.807) is 32.4 Å². The van der Waals surface area contributed by atoms with Crippen LogP contribution in [0.25, 0.3) is 5.69 Å². The van der Waals surface area contributed by atoms with Crippen molar-refractivity contribution >= 4 is 23.2 Å². The molecule has 0 radical (unpaired) electrons. The number of hydrogen-bond donors (Lipinski definition) is 1. The molecule has 0 fully saturated rings. The van der Waals surface area contributed by atoms with E-state index in [2.05, 4.69) is 0 Å². The SMILES string of the molecule is COc1cc(OC)cc(-n2cc(Cl)c(Cl)c2O)c1. The van der Waals surface area contributed by atoms with Gasteiger partial charge in [-0.25, -0.2) is 0 Å². The molecule has 2 aromatic rings. The molecule has 0 aliphatic rings. The Bertz CT molecular complexity index is 559. The van der Waals surface area contributed by atoms with Gasteiger partial charge in [-0.2, -0.15) is 0 Å². The van der Waals surface area contributed by atoms with E-state index in [1.165, 1.54) is 10.8 Å². The summed E-state index contributed by atoms with van der Waals surface area (Å²) >= 11 is 11.7. The molecule has 0 spiro atoms. The van der Waals surface area contributed by atoms with E-state index in [0.29, 0.717) is 17.2 Å². The summed E-state index contributed by atoms with van der Waals surface area (Å²) in [6, 6.07) is 5.19. The summed E-state index contributed by atoms with van der Waals surface area (Å²) in [6.07, 6.45) is 1.52. The lowest BCUT2D eigenvalue weighted by molar-refractivity contribution is 0.393. The largest absolute Gasteiger partial charge is 0.497 e. The van der Waals surface area contributed by atoms with Crippen molar-refractivity contribution in [2.75, 3.05) is 14.2 Å². The van der Waals surface area contributed by atoms with Gasteiger partial charge in [0.15, 0.2) is 0 Å². The number of aromatic nitrogens is 1. The number of methoxy groups -OCH3 is 2. The smallest absolute Gasteiger partial charge is 0.216 e. The van der Waals surface area contributed by atoms with Crippen LogP contribution in [0.3, 0.4) is 0 Å². The van der Waals surface area contributed by atoms with Crippen molar-refractivity contribution in [2.45, 2.75) is 0 Å². The van der Waals surface area contributed by atoms with Gasteiger partial charge in [-0.1, -0.05) is 23.2 Å². The predicted octanol–water partition coefficient (Wildman–Crippen LogP) is 3.51. The van der Waals surface area contributed by atoms with Crippen LogP contribution in [0.1, 0.15) is 0 Å². The van der Waals surface area contributed by atoms with Crippen LogP contribution in [-0.2, 0) is 0 Å². The standard InChI is InChI=1S/C12H11Cl2NO3/c1-17-8-3-7(4-9(5-8)18-2)15-6-10(13)11(14)12(15)16/h3-6,16H,1-2H3. The number of nitrogens with zero attached hydrogens (tertiary/aromatic N) is 1. The fraction of sp³-hybridized carbons (Fsp3) is 0.167. The molecule has 6 heteroatoms. The Kier molecular flexibility index (Phi) is 3.59. The van der Waals surface area contributed by atoms with Crippen molar-refractivity contribution in [3.05, 3.63) is 34.4 Å². The van der Waals surface area contributed by atoms with Crippen molar-refractivity contribution < 1.29 is 14.6 Å². The summed E-state index contributed by atoms with van der Waals surface area (Å²) in [4.78, 5) is 0. The van der Waals surface area contributed by atoms with E-state index in [1.807, 2.05) is 0 Å². The predicted molar refractivity (Wildman–Crippen MR) is 70.6 cm³/mol. The van der Waals surface area contributed by atoms with Crippen LogP contribution < -0.4 is 9.47 Å². The Balaban J connectivity index is 2.59. The highest BCUT2D eigenvalue weighted by Gasteiger charge is 2.14. The zero-order chi connectivity index (χ0) is 13.3. The molecule has 2 rings (SSSR count). The van der Waals surface area contributed by atoms with Gasteiger partial charge in [0.25, 0.3) is 0 Å². The molecule has 0 saturated carbocycles. The highest BCUT2D eigenvalue weighted by atomic mass is 35.5. The first-order valence-corrected chi connectivity index (χ1v) is 5.81. The molecule has 0 aliphatic carbocycles. The maximum absolute atomic E-state index is 9.86. The van der Waals surface area contributed by atoms with Gasteiger partial charge in [-0.3, -0.25) is 4.57 Å². The van der Waals surface area contributed by atoms with Gasteiger partial charge in [-0.15, -0.1) is 0 Å². The number of ether oxygens (including phenoxy) is 2. The van der Waals surface area contributed by atoms with Crippen LogP contribution in [0.2, 0.25) is 10.0 Å². The second-order valence-corrected chi connectivity index (χ2v) is 4.34. The molecule has 96 valence electrons. The van der Waals surface area contributed by atoms with E-state index in [4.69, 9.17) is 32.7 Å². The van der Waals surface area contributed by atoms with E-state index >= 15 is 0 Å². The number of aromatic hydroxyl groups is 1. The fourth-order valence-electron chi connectivity index (χ4n) is 1.57. The minimum atomic E-state index is -0.128. The van der Waals surface area contributed by atoms with Crippen LogP contribution in [0.5, 0.6) is 17.4 Å². The number of hydrogen-bond acceptors (Lipinski definition) is 3. The summed E-state index contributed by atoms with van der Waals surface area (Å²) in [5, 5.41) is 10.2. The van der Waals surface area contributed by atoms with Crippen molar-refractivity contribution in [2.24, 2.45) is 0 Å². The zero-order valence-electron chi connectivity index (χ0n) is 9.78. The summed E-state index contributed by atoms with van der Waals surface area (Å²) in [5.41, 5.74) is 0.637. The first-order valence-electron chi connectivity index (χ1n) is 5.05. The molecule has 0 atom stereocenters. The molecule has 1 heterocycles. The Morgan fingerprint density at radius 3 is 2.00 bits per heavy atom. The molecule has 0 bridgehead atoms. The Hall–Kier alpha value is -1.52. The monoisotopic (exact) mass is 287 g/mol. The molecule has 4 nitrogen and oxygen atoms in total. The summed E-state index contributed by atoms with van der Waals surface area (Å²) in [5.74, 6) is 1.08. The molecule has 0 unspecified atom stereocenters. The first-order chi connectivity index (χ1) is 8.56. The van der Waals surface area contributed by atoms with Crippen LogP contribution in [0, 0.1) is 0 Å². The lowest BCUT2D eigenvalue weighted by Gasteiger charge is -2.10. The van der Waals surface area contributed by atoms with E-state index in [-0.39, 0.29) is 15.9 Å². The van der Waals surface area contributed by atoms with Crippen molar-refractivity contribution in [3.8, 4) is 23.1 Å². The maximum atomic E-state index is 9.86. The molecule has 1 N–H and O–H groups in total. The second-order valence-electron chi connectivity index (χ2n) is 3.56. The lowest BCUT2D eigenvalue weighted by Crippen LogP contribution is -1.94. The average molecular weight is 288 g/mol. The summed E-state index contributed by atoms with van der Waals surface area (Å²) in [6.45, 7) is 0. The first kappa shape index (κ1) is 12.9. The Morgan fingerprint density at radius 2 is 1.61 bits per heavy atom. The van der Waals surface area contributed by atoms with Crippen LogP contribution in [-0.4, -0.2) is 23.9 Å². The van der Waals surface area contributed by atoms with Gasteiger partial charge in [0.05, 0.1) is 24.9 Å². The van der Waals surface area contributed by atoms with Crippen LogP contribution in [0.15, 0.2) is 24.4 Å². The number of benzene rings is 1. The van der Waals surface area contributed by atoms with E-state index in [0.717, 1.165) is 0 Å². The molecule has 0 amide bonds. The highest BCUT2D eigenvalue weighted by Crippen LogP contribution is 2.36. The minimum absolute atomic E-state index is 0.110. The van der Waals surface area contributed by atoms with Gasteiger partial charge in [0.2, 0.25) is 5.88 Å². The van der Waals surface area contributed by atoms with Crippen LogP contribution in [0.4, 0.5) is 0 Å². The molecule has 1 aromatic heterocycles. The average Bonchev–Trinajstić information content (AvgIpc) is 2.65. The topological polar surface area (TPSA) is 43.6 Å². The normalized spacial score (nSPS) is 10.4. The minimum Gasteiger partial charge on any atom is -0.497 e. The summed E-state index contributed by atoms with van der Waals surface area (Å²) < 4.78 is 11.8. The quantitative estimate of drug-likeness (QED) is 0.940. The number of rotatable bonds is 3. The van der Waals surface area contributed by atoms with Gasteiger partial charge >= 0.3 is 0 Å². The lowest BCUT2D eigenvalue weighted by atomic mass is 10.2. The molecule has 1 aromatic carbocycles. The van der Waals surface area contributed by atoms with Gasteiger partial charge in [0.1, 0.15) is 16.5 Å². The molecule has 0 saturated heterocycles. The van der Waals surface area contributed by atoms with E-state index < -0.39 is 0 Å². The second kappa shape index (κ2) is 5.00. The van der Waals surface area contributed by atoms with Crippen molar-refractivity contribution in [1.82, 2.24) is 4.57 Å². The third kappa shape index (κ3) is 2.21. The van der Waals surface area contributed by atoms with Gasteiger partial charge in [-0.05, 0) is 0 Å². The fourth-order valence-corrected chi connectivity index (χ4v) is 1.89. The van der Waals surface area contributed by atoms with Gasteiger partial charge in [0, 0.05) is 24.4 Å². The third-order valence-corrected chi connectivity index (χ3v) is 3.25. The number of halogens is 2. The van der Waals surface area contributed by atoms with Crippen molar-refractivity contribution in [3.63, 3.8) is 0 Å². The van der Waals surface area contributed by atoms with Crippen molar-refractivity contribution in [1.29, 1.82) is 0 Å². The van der Waals surface area contributed by atoms with Crippen LogP contribution >= 0.6 is 23.2 Å². The third-order valence-electron chi connectivity index (χ3n) is 2.49. The molecular formula is C12H11Cl2NO3. The molecular weight excluding hydrogens is 277 g/mol. The zero-order valence-corrected chi connectivity index (χ0v) is 11.3. The Labute approximate surface area is 114 Å².